The summed E-state index contributed by atoms with van der Waals surface area (Å²) >= 11 is 5.72. The van der Waals surface area contributed by atoms with E-state index in [1.807, 2.05) is 6.92 Å². The third-order valence-electron chi connectivity index (χ3n) is 2.01. The van der Waals surface area contributed by atoms with E-state index in [0.29, 0.717) is 5.88 Å². The Labute approximate surface area is 92.1 Å². The zero-order valence-electron chi connectivity index (χ0n) is 7.50. The molecule has 0 unspecified atom stereocenters. The number of fused-ring (bicyclic) bond motifs is 1. The summed E-state index contributed by atoms with van der Waals surface area (Å²) in [7, 11) is 0. The topological polar surface area (TPSA) is 17.3 Å². The first-order chi connectivity index (χ1) is 6.22. The zero-order valence-corrected chi connectivity index (χ0v) is 9.07. The Bertz CT molecular complexity index is 453. The van der Waals surface area contributed by atoms with Crippen LogP contribution in [-0.2, 0) is 5.88 Å². The van der Waals surface area contributed by atoms with E-state index >= 15 is 0 Å². The smallest absolute Gasteiger partial charge is 0.139 e. The molecule has 0 saturated heterocycles. The Morgan fingerprint density at radius 2 is 2.21 bits per heavy atom. The second kappa shape index (κ2) is 4.15. The molecular formula is C9H9Cl2FN2. The normalized spacial score (nSPS) is 10.2. The summed E-state index contributed by atoms with van der Waals surface area (Å²) in [4.78, 5) is 4.24. The van der Waals surface area contributed by atoms with Gasteiger partial charge in [0.15, 0.2) is 0 Å². The molecule has 0 radical (unpaired) electrons. The molecule has 0 aromatic carbocycles. The highest BCUT2D eigenvalue weighted by Gasteiger charge is 2.07. The van der Waals surface area contributed by atoms with Gasteiger partial charge < -0.3 is 0 Å². The zero-order chi connectivity index (χ0) is 9.42. The molecule has 2 nitrogen and oxygen atoms in total. The van der Waals surface area contributed by atoms with E-state index in [4.69, 9.17) is 11.6 Å². The van der Waals surface area contributed by atoms with E-state index in [1.54, 1.807) is 10.5 Å². The van der Waals surface area contributed by atoms with Crippen LogP contribution in [0.4, 0.5) is 4.39 Å². The van der Waals surface area contributed by atoms with Crippen molar-refractivity contribution in [3.8, 4) is 0 Å². The molecule has 2 aromatic heterocycles. The Morgan fingerprint density at radius 1 is 1.50 bits per heavy atom. The minimum atomic E-state index is -0.281. The number of hydrogen-bond donors (Lipinski definition) is 0. The second-order valence-corrected chi connectivity index (χ2v) is 3.12. The molecule has 0 aliphatic rings. The van der Waals surface area contributed by atoms with Crippen LogP contribution in [0.3, 0.4) is 0 Å². The predicted octanol–water partition coefficient (Wildman–Crippen LogP) is 2.94. The van der Waals surface area contributed by atoms with Gasteiger partial charge in [0.05, 0.1) is 17.3 Å². The van der Waals surface area contributed by atoms with Gasteiger partial charge in [-0.05, 0) is 19.1 Å². The minimum absolute atomic E-state index is 0. The van der Waals surface area contributed by atoms with Crippen molar-refractivity contribution in [3.05, 3.63) is 35.5 Å². The highest BCUT2D eigenvalue weighted by Crippen LogP contribution is 2.14. The molecule has 5 heteroatoms. The van der Waals surface area contributed by atoms with E-state index in [9.17, 15) is 4.39 Å². The van der Waals surface area contributed by atoms with Crippen LogP contribution in [0.1, 0.15) is 11.4 Å². The van der Waals surface area contributed by atoms with Crippen LogP contribution in [0, 0.1) is 12.7 Å². The lowest BCUT2D eigenvalue weighted by Crippen LogP contribution is -1.91. The SMILES string of the molecule is Cc1nc2ccc(F)cn2c1CCl.Cl. The van der Waals surface area contributed by atoms with Gasteiger partial charge >= 0.3 is 0 Å². The van der Waals surface area contributed by atoms with Crippen LogP contribution in [0.25, 0.3) is 5.65 Å². The molecule has 0 N–H and O–H groups in total. The van der Waals surface area contributed by atoms with Gasteiger partial charge in [0, 0.05) is 6.20 Å². The minimum Gasteiger partial charge on any atom is -0.300 e. The Balaban J connectivity index is 0.000000980. The van der Waals surface area contributed by atoms with Crippen molar-refractivity contribution in [2.75, 3.05) is 0 Å². The number of rotatable bonds is 1. The summed E-state index contributed by atoms with van der Waals surface area (Å²) in [5, 5.41) is 0. The van der Waals surface area contributed by atoms with E-state index < -0.39 is 0 Å². The van der Waals surface area contributed by atoms with Gasteiger partial charge in [-0.3, -0.25) is 4.40 Å². The van der Waals surface area contributed by atoms with Gasteiger partial charge in [-0.2, -0.15) is 0 Å². The van der Waals surface area contributed by atoms with E-state index in [1.165, 1.54) is 12.3 Å². The summed E-state index contributed by atoms with van der Waals surface area (Å²) in [5.74, 6) is 0.0625. The second-order valence-electron chi connectivity index (χ2n) is 2.85. The van der Waals surface area contributed by atoms with Crippen LogP contribution in [0.2, 0.25) is 0 Å². The van der Waals surface area contributed by atoms with Crippen molar-refractivity contribution in [2.24, 2.45) is 0 Å². The highest BCUT2D eigenvalue weighted by atomic mass is 35.5. The third kappa shape index (κ3) is 1.70. The molecule has 0 bridgehead atoms. The van der Waals surface area contributed by atoms with Crippen LogP contribution >= 0.6 is 24.0 Å². The summed E-state index contributed by atoms with van der Waals surface area (Å²) in [6.45, 7) is 1.86. The third-order valence-corrected chi connectivity index (χ3v) is 2.26. The van der Waals surface area contributed by atoms with Crippen molar-refractivity contribution in [3.63, 3.8) is 0 Å². The molecule has 0 fully saturated rings. The number of aryl methyl sites for hydroxylation is 1. The van der Waals surface area contributed by atoms with Gasteiger partial charge in [-0.15, -0.1) is 24.0 Å². The van der Waals surface area contributed by atoms with Crippen LogP contribution in [0.5, 0.6) is 0 Å². The summed E-state index contributed by atoms with van der Waals surface area (Å²) in [5.41, 5.74) is 2.42. The fourth-order valence-corrected chi connectivity index (χ4v) is 1.67. The number of imidazole rings is 1. The van der Waals surface area contributed by atoms with Crippen molar-refractivity contribution < 1.29 is 4.39 Å². The van der Waals surface area contributed by atoms with Crippen molar-refractivity contribution in [2.45, 2.75) is 12.8 Å². The average molecular weight is 235 g/mol. The summed E-state index contributed by atoms with van der Waals surface area (Å²) in [6, 6.07) is 3.03. The van der Waals surface area contributed by atoms with Crippen LogP contribution < -0.4 is 0 Å². The van der Waals surface area contributed by atoms with E-state index in [-0.39, 0.29) is 18.2 Å². The molecule has 2 aromatic rings. The van der Waals surface area contributed by atoms with Crippen LogP contribution in [0.15, 0.2) is 18.3 Å². The Morgan fingerprint density at radius 3 is 2.86 bits per heavy atom. The maximum atomic E-state index is 12.9. The molecule has 2 rings (SSSR count). The van der Waals surface area contributed by atoms with Crippen molar-refractivity contribution >= 4 is 29.7 Å². The molecule has 76 valence electrons. The number of hydrogen-bond acceptors (Lipinski definition) is 1. The molecule has 2 heterocycles. The van der Waals surface area contributed by atoms with Gasteiger partial charge in [-0.1, -0.05) is 0 Å². The summed E-state index contributed by atoms with van der Waals surface area (Å²) in [6.07, 6.45) is 1.40. The first-order valence-corrected chi connectivity index (χ1v) is 4.45. The van der Waals surface area contributed by atoms with Crippen LogP contribution in [-0.4, -0.2) is 9.38 Å². The quantitative estimate of drug-likeness (QED) is 0.694. The fourth-order valence-electron chi connectivity index (χ4n) is 1.35. The molecule has 14 heavy (non-hydrogen) atoms. The molecule has 0 atom stereocenters. The maximum Gasteiger partial charge on any atom is 0.139 e. The Hall–Kier alpha value is -0.800. The van der Waals surface area contributed by atoms with Gasteiger partial charge in [0.25, 0.3) is 0 Å². The standard InChI is InChI=1S/C9H8ClFN2.ClH/c1-6-8(4-10)13-5-7(11)2-3-9(13)12-6;/h2-3,5H,4H2,1H3;1H. The number of aromatic nitrogens is 2. The first-order valence-electron chi connectivity index (χ1n) is 3.91. The number of halogens is 3. The first kappa shape index (κ1) is 11.3. The Kier molecular flexibility index (Phi) is 3.34. The van der Waals surface area contributed by atoms with Gasteiger partial charge in [0.1, 0.15) is 11.5 Å². The van der Waals surface area contributed by atoms with Crippen molar-refractivity contribution in [1.29, 1.82) is 0 Å². The fraction of sp³-hybridized carbons (Fsp3) is 0.222. The van der Waals surface area contributed by atoms with Gasteiger partial charge in [0.2, 0.25) is 0 Å². The largest absolute Gasteiger partial charge is 0.300 e. The van der Waals surface area contributed by atoms with Crippen molar-refractivity contribution in [1.82, 2.24) is 9.38 Å². The number of alkyl halides is 1. The average Bonchev–Trinajstić information content (AvgIpc) is 2.40. The van der Waals surface area contributed by atoms with Gasteiger partial charge in [-0.25, -0.2) is 9.37 Å². The lowest BCUT2D eigenvalue weighted by molar-refractivity contribution is 0.618. The summed E-state index contributed by atoms with van der Waals surface area (Å²) < 4.78 is 14.5. The molecule has 0 saturated carbocycles. The van der Waals surface area contributed by atoms with E-state index in [2.05, 4.69) is 4.98 Å². The predicted molar refractivity (Wildman–Crippen MR) is 56.7 cm³/mol. The molecule has 0 amide bonds. The van der Waals surface area contributed by atoms with E-state index in [0.717, 1.165) is 17.0 Å². The number of pyridine rings is 1. The molecule has 0 aliphatic carbocycles. The highest BCUT2D eigenvalue weighted by molar-refractivity contribution is 6.17. The number of nitrogens with zero attached hydrogens (tertiary/aromatic N) is 2. The monoisotopic (exact) mass is 234 g/mol. The maximum absolute atomic E-state index is 12.9. The molecule has 0 spiro atoms. The molecular weight excluding hydrogens is 226 g/mol. The molecule has 0 aliphatic heterocycles. The lowest BCUT2D eigenvalue weighted by atomic mass is 10.4. The lowest BCUT2D eigenvalue weighted by Gasteiger charge is -1.97.